The number of H-pyrrole nitrogens is 1. The molecule has 0 atom stereocenters. The molecule has 114 valence electrons. The largest absolute Gasteiger partial charge is 0.466 e. The molecule has 0 radical (unpaired) electrons. The number of nitrogens with one attached hydrogen (secondary N) is 2. The molecule has 9 heteroatoms. The van der Waals surface area contributed by atoms with E-state index in [0.29, 0.717) is 5.56 Å². The number of carbonyl (C=O) groups is 1. The van der Waals surface area contributed by atoms with Crippen LogP contribution < -0.4 is 5.43 Å². The van der Waals surface area contributed by atoms with Gasteiger partial charge in [-0.3, -0.25) is 9.89 Å². The van der Waals surface area contributed by atoms with Crippen LogP contribution in [0.5, 0.6) is 0 Å². The molecule has 0 aliphatic carbocycles. The summed E-state index contributed by atoms with van der Waals surface area (Å²) in [5.74, 6) is -0.529. The van der Waals surface area contributed by atoms with Gasteiger partial charge in [0.05, 0.1) is 11.8 Å². The highest BCUT2D eigenvalue weighted by molar-refractivity contribution is 5.98. The van der Waals surface area contributed by atoms with Crippen LogP contribution in [0.3, 0.4) is 0 Å². The van der Waals surface area contributed by atoms with Crippen molar-refractivity contribution in [1.29, 1.82) is 0 Å². The first kappa shape index (κ1) is 14.1. The molecule has 0 saturated heterocycles. The standard InChI is InChI=1S/C13H9F3N4O2/c14-13(15,16)10-3-7(12-20-19-11(21)6-22-12)1-2-9(10)8-4-17-18-5-8/h1-5H,6H2,(H,17,18)(H,19,21). The molecule has 2 N–H and O–H groups in total. The maximum absolute atomic E-state index is 13.3. The topological polar surface area (TPSA) is 79.4 Å². The van der Waals surface area contributed by atoms with Crippen molar-refractivity contribution >= 4 is 11.8 Å². The van der Waals surface area contributed by atoms with Crippen molar-refractivity contribution in [3.05, 3.63) is 41.7 Å². The van der Waals surface area contributed by atoms with Crippen LogP contribution in [0.1, 0.15) is 11.1 Å². The van der Waals surface area contributed by atoms with Gasteiger partial charge in [-0.1, -0.05) is 6.07 Å². The van der Waals surface area contributed by atoms with Crippen LogP contribution >= 0.6 is 0 Å². The molecule has 2 aromatic rings. The van der Waals surface area contributed by atoms with Gasteiger partial charge < -0.3 is 4.74 Å². The number of aromatic amines is 1. The molecule has 1 aliphatic rings. The second kappa shape index (κ2) is 5.17. The van der Waals surface area contributed by atoms with Gasteiger partial charge in [-0.05, 0) is 17.7 Å². The highest BCUT2D eigenvalue weighted by Crippen LogP contribution is 2.37. The third-order valence-electron chi connectivity index (χ3n) is 3.00. The van der Waals surface area contributed by atoms with Gasteiger partial charge in [0, 0.05) is 17.3 Å². The predicted molar refractivity (Wildman–Crippen MR) is 69.7 cm³/mol. The summed E-state index contributed by atoms with van der Waals surface area (Å²) in [6.45, 7) is -0.288. The molecule has 1 aromatic heterocycles. The zero-order chi connectivity index (χ0) is 15.7. The van der Waals surface area contributed by atoms with E-state index in [4.69, 9.17) is 4.74 Å². The maximum Gasteiger partial charge on any atom is 0.417 e. The monoisotopic (exact) mass is 310 g/mol. The van der Waals surface area contributed by atoms with E-state index in [1.54, 1.807) is 0 Å². The Kier molecular flexibility index (Phi) is 3.32. The Balaban J connectivity index is 2.07. The molecule has 0 saturated carbocycles. The van der Waals surface area contributed by atoms with E-state index in [9.17, 15) is 18.0 Å². The summed E-state index contributed by atoms with van der Waals surface area (Å²) in [5, 5.41) is 9.74. The average Bonchev–Trinajstić information content (AvgIpc) is 3.01. The number of aromatic nitrogens is 2. The van der Waals surface area contributed by atoms with Crippen molar-refractivity contribution in [2.75, 3.05) is 6.61 Å². The molecule has 3 rings (SSSR count). The summed E-state index contributed by atoms with van der Waals surface area (Å²) in [7, 11) is 0. The van der Waals surface area contributed by atoms with E-state index in [-0.39, 0.29) is 23.6 Å². The number of hydrazone groups is 1. The number of benzene rings is 1. The fourth-order valence-corrected chi connectivity index (χ4v) is 2.02. The number of rotatable bonds is 2. The van der Waals surface area contributed by atoms with Gasteiger partial charge in [0.2, 0.25) is 5.90 Å². The average molecular weight is 310 g/mol. The second-order valence-electron chi connectivity index (χ2n) is 4.49. The number of alkyl halides is 3. The minimum atomic E-state index is -4.55. The summed E-state index contributed by atoms with van der Waals surface area (Å²) in [5.41, 5.74) is 1.75. The number of amides is 1. The first-order chi connectivity index (χ1) is 10.4. The number of ether oxygens (including phenoxy) is 1. The van der Waals surface area contributed by atoms with E-state index in [2.05, 4.69) is 20.7 Å². The first-order valence-electron chi connectivity index (χ1n) is 6.15. The van der Waals surface area contributed by atoms with Crippen LogP contribution in [0.2, 0.25) is 0 Å². The molecule has 1 amide bonds. The highest BCUT2D eigenvalue weighted by atomic mass is 19.4. The van der Waals surface area contributed by atoms with Crippen LogP contribution in [0, 0.1) is 0 Å². The lowest BCUT2D eigenvalue weighted by atomic mass is 9.99. The van der Waals surface area contributed by atoms with Crippen molar-refractivity contribution < 1.29 is 22.7 Å². The Morgan fingerprint density at radius 2 is 2.05 bits per heavy atom. The fourth-order valence-electron chi connectivity index (χ4n) is 2.02. The quantitative estimate of drug-likeness (QED) is 0.889. The van der Waals surface area contributed by atoms with E-state index in [1.165, 1.54) is 24.5 Å². The van der Waals surface area contributed by atoms with Crippen LogP contribution in [0.4, 0.5) is 13.2 Å². The fraction of sp³-hybridized carbons (Fsp3) is 0.154. The Morgan fingerprint density at radius 1 is 1.23 bits per heavy atom. The summed E-state index contributed by atoms with van der Waals surface area (Å²) in [6.07, 6.45) is -1.88. The number of nitrogens with zero attached hydrogens (tertiary/aromatic N) is 2. The SMILES string of the molecule is O=C1COC(c2ccc(-c3cn[nH]c3)c(C(F)(F)F)c2)=NN1. The third-order valence-corrected chi connectivity index (χ3v) is 3.00. The van der Waals surface area contributed by atoms with Crippen molar-refractivity contribution in [3.63, 3.8) is 0 Å². The van der Waals surface area contributed by atoms with Gasteiger partial charge in [0.15, 0.2) is 6.61 Å². The van der Waals surface area contributed by atoms with Gasteiger partial charge in [-0.2, -0.15) is 18.3 Å². The summed E-state index contributed by atoms with van der Waals surface area (Å²) < 4.78 is 44.8. The van der Waals surface area contributed by atoms with Crippen molar-refractivity contribution in [3.8, 4) is 11.1 Å². The van der Waals surface area contributed by atoms with Crippen LogP contribution in [-0.2, 0) is 15.7 Å². The smallest absolute Gasteiger partial charge is 0.417 e. The summed E-state index contributed by atoms with van der Waals surface area (Å²) in [6, 6.07) is 3.68. The molecule has 6 nitrogen and oxygen atoms in total. The Labute approximate surface area is 122 Å². The lowest BCUT2D eigenvalue weighted by Crippen LogP contribution is -2.32. The van der Waals surface area contributed by atoms with Gasteiger partial charge in [-0.15, -0.1) is 5.10 Å². The molecular weight excluding hydrogens is 301 g/mol. The zero-order valence-electron chi connectivity index (χ0n) is 10.9. The molecule has 22 heavy (non-hydrogen) atoms. The normalized spacial score (nSPS) is 15.0. The number of halogens is 3. The van der Waals surface area contributed by atoms with Gasteiger partial charge in [0.1, 0.15) is 0 Å². The Bertz CT molecular complexity index is 738. The number of hydrogen-bond donors (Lipinski definition) is 2. The van der Waals surface area contributed by atoms with Crippen molar-refractivity contribution in [1.82, 2.24) is 15.6 Å². The molecule has 1 aromatic carbocycles. The van der Waals surface area contributed by atoms with Crippen LogP contribution in [0.25, 0.3) is 11.1 Å². The minimum absolute atomic E-state index is 0.00885. The number of carbonyl (C=O) groups excluding carboxylic acids is 1. The van der Waals surface area contributed by atoms with Gasteiger partial charge in [-0.25, -0.2) is 5.43 Å². The Hall–Kier alpha value is -2.84. The maximum atomic E-state index is 13.3. The van der Waals surface area contributed by atoms with Gasteiger partial charge in [0.25, 0.3) is 5.91 Å². The zero-order valence-corrected chi connectivity index (χ0v) is 10.9. The van der Waals surface area contributed by atoms with E-state index in [1.807, 2.05) is 0 Å². The van der Waals surface area contributed by atoms with Crippen molar-refractivity contribution in [2.24, 2.45) is 5.10 Å². The number of hydrogen-bond acceptors (Lipinski definition) is 4. The molecule has 0 unspecified atom stereocenters. The molecule has 0 fully saturated rings. The van der Waals surface area contributed by atoms with E-state index in [0.717, 1.165) is 6.07 Å². The van der Waals surface area contributed by atoms with E-state index < -0.39 is 17.6 Å². The van der Waals surface area contributed by atoms with Gasteiger partial charge >= 0.3 is 6.18 Å². The molecule has 0 spiro atoms. The molecule has 0 bridgehead atoms. The molecule has 2 heterocycles. The Morgan fingerprint density at radius 3 is 2.64 bits per heavy atom. The summed E-state index contributed by atoms with van der Waals surface area (Å²) >= 11 is 0. The summed E-state index contributed by atoms with van der Waals surface area (Å²) in [4.78, 5) is 10.9. The second-order valence-corrected chi connectivity index (χ2v) is 4.49. The highest BCUT2D eigenvalue weighted by Gasteiger charge is 2.34. The third kappa shape index (κ3) is 2.65. The van der Waals surface area contributed by atoms with Crippen molar-refractivity contribution in [2.45, 2.75) is 6.18 Å². The molecule has 1 aliphatic heterocycles. The van der Waals surface area contributed by atoms with Crippen LogP contribution in [-0.4, -0.2) is 28.6 Å². The predicted octanol–water partition coefficient (Wildman–Crippen LogP) is 1.90. The lowest BCUT2D eigenvalue weighted by Gasteiger charge is -2.17. The molecular formula is C13H9F3N4O2. The first-order valence-corrected chi connectivity index (χ1v) is 6.15. The lowest BCUT2D eigenvalue weighted by molar-refractivity contribution is -0.137. The van der Waals surface area contributed by atoms with Crippen LogP contribution in [0.15, 0.2) is 35.7 Å². The van der Waals surface area contributed by atoms with E-state index >= 15 is 0 Å². The minimum Gasteiger partial charge on any atom is -0.466 e.